The number of likely N-dealkylation sites (N-methyl/N-ethyl adjacent to an activating group) is 1. The molecule has 0 aliphatic carbocycles. The summed E-state index contributed by atoms with van der Waals surface area (Å²) in [5, 5.41) is 12.3. The first-order valence-electron chi connectivity index (χ1n) is 7.87. The average molecular weight is 328 g/mol. The van der Waals surface area contributed by atoms with Crippen LogP contribution in [0.5, 0.6) is 11.5 Å². The van der Waals surface area contributed by atoms with Crippen molar-refractivity contribution in [3.8, 4) is 17.6 Å². The van der Waals surface area contributed by atoms with Crippen molar-refractivity contribution in [2.24, 2.45) is 0 Å². The number of carbonyl (C=O) groups is 1. The number of fused-ring (bicyclic) bond motifs is 1. The predicted molar refractivity (Wildman–Crippen MR) is 87.2 cm³/mol. The van der Waals surface area contributed by atoms with Crippen molar-refractivity contribution in [1.82, 2.24) is 15.1 Å². The standard InChI is InChI=1S/C17H20N4O3/c1-20-4-6-21(7-5-20)17(22)14(9-18)11-19-10-13-2-3-15-16(8-13)24-12-23-15/h2-3,8,11,19H,4-7,10,12H2,1H3/b14-11-. The van der Waals surface area contributed by atoms with E-state index < -0.39 is 0 Å². The molecule has 3 rings (SSSR count). The molecule has 1 aromatic rings. The highest BCUT2D eigenvalue weighted by Crippen LogP contribution is 2.32. The van der Waals surface area contributed by atoms with Crippen LogP contribution < -0.4 is 14.8 Å². The number of benzene rings is 1. The first kappa shape index (κ1) is 16.1. The number of ether oxygens (including phenoxy) is 2. The van der Waals surface area contributed by atoms with Crippen LogP contribution in [0.2, 0.25) is 0 Å². The number of carbonyl (C=O) groups excluding carboxylic acids is 1. The molecule has 1 saturated heterocycles. The molecule has 1 N–H and O–H groups in total. The molecule has 0 aromatic heterocycles. The van der Waals surface area contributed by atoms with Gasteiger partial charge in [-0.2, -0.15) is 5.26 Å². The summed E-state index contributed by atoms with van der Waals surface area (Å²) >= 11 is 0. The third-order valence-electron chi connectivity index (χ3n) is 4.13. The summed E-state index contributed by atoms with van der Waals surface area (Å²) in [6, 6.07) is 7.64. The quantitative estimate of drug-likeness (QED) is 0.647. The largest absolute Gasteiger partial charge is 0.454 e. The van der Waals surface area contributed by atoms with Gasteiger partial charge in [0.1, 0.15) is 11.6 Å². The number of hydrogen-bond acceptors (Lipinski definition) is 6. The fourth-order valence-corrected chi connectivity index (χ4v) is 2.64. The number of piperazine rings is 1. The van der Waals surface area contributed by atoms with Crippen LogP contribution in [0.25, 0.3) is 0 Å². The van der Waals surface area contributed by atoms with Crippen LogP contribution in [0.15, 0.2) is 30.0 Å². The Morgan fingerprint density at radius 3 is 2.79 bits per heavy atom. The van der Waals surface area contributed by atoms with Gasteiger partial charge in [0.15, 0.2) is 11.5 Å². The van der Waals surface area contributed by atoms with E-state index in [2.05, 4.69) is 10.2 Å². The normalized spacial score (nSPS) is 17.5. The number of nitriles is 1. The van der Waals surface area contributed by atoms with Crippen molar-refractivity contribution in [3.05, 3.63) is 35.5 Å². The van der Waals surface area contributed by atoms with E-state index in [1.54, 1.807) is 4.90 Å². The topological polar surface area (TPSA) is 77.8 Å². The minimum absolute atomic E-state index is 0.125. The van der Waals surface area contributed by atoms with Gasteiger partial charge in [-0.25, -0.2) is 0 Å². The summed E-state index contributed by atoms with van der Waals surface area (Å²) in [6.07, 6.45) is 1.49. The maximum absolute atomic E-state index is 12.4. The fraction of sp³-hybridized carbons (Fsp3) is 0.412. The molecule has 7 nitrogen and oxygen atoms in total. The van der Waals surface area contributed by atoms with Crippen molar-refractivity contribution in [2.75, 3.05) is 40.0 Å². The van der Waals surface area contributed by atoms with Crippen molar-refractivity contribution in [3.63, 3.8) is 0 Å². The second-order valence-corrected chi connectivity index (χ2v) is 5.83. The first-order valence-corrected chi connectivity index (χ1v) is 7.87. The third kappa shape index (κ3) is 3.60. The van der Waals surface area contributed by atoms with Gasteiger partial charge in [-0.15, -0.1) is 0 Å². The van der Waals surface area contributed by atoms with Crippen LogP contribution in [0.1, 0.15) is 5.56 Å². The number of hydrogen-bond donors (Lipinski definition) is 1. The van der Waals surface area contributed by atoms with Gasteiger partial charge in [-0.05, 0) is 24.7 Å². The third-order valence-corrected chi connectivity index (χ3v) is 4.13. The minimum Gasteiger partial charge on any atom is -0.454 e. The smallest absolute Gasteiger partial charge is 0.266 e. The van der Waals surface area contributed by atoms with E-state index in [1.807, 2.05) is 31.3 Å². The van der Waals surface area contributed by atoms with Gasteiger partial charge >= 0.3 is 0 Å². The molecular weight excluding hydrogens is 308 g/mol. The lowest BCUT2D eigenvalue weighted by atomic mass is 10.2. The average Bonchev–Trinajstić information content (AvgIpc) is 3.06. The molecule has 2 heterocycles. The van der Waals surface area contributed by atoms with Crippen molar-refractivity contribution in [2.45, 2.75) is 6.54 Å². The summed E-state index contributed by atoms with van der Waals surface area (Å²) < 4.78 is 10.6. The van der Waals surface area contributed by atoms with Crippen LogP contribution >= 0.6 is 0 Å². The van der Waals surface area contributed by atoms with Gasteiger partial charge in [0.05, 0.1) is 0 Å². The molecule has 0 unspecified atom stereocenters. The molecule has 1 fully saturated rings. The minimum atomic E-state index is -0.219. The Hall–Kier alpha value is -2.72. The highest BCUT2D eigenvalue weighted by Gasteiger charge is 2.22. The van der Waals surface area contributed by atoms with Crippen molar-refractivity contribution >= 4 is 5.91 Å². The maximum Gasteiger partial charge on any atom is 0.266 e. The van der Waals surface area contributed by atoms with Gasteiger partial charge in [-0.3, -0.25) is 4.79 Å². The zero-order valence-corrected chi connectivity index (χ0v) is 13.6. The van der Waals surface area contributed by atoms with Crippen LogP contribution in [-0.2, 0) is 11.3 Å². The molecule has 1 aromatic carbocycles. The van der Waals surface area contributed by atoms with E-state index in [1.165, 1.54) is 6.20 Å². The van der Waals surface area contributed by atoms with Gasteiger partial charge in [-0.1, -0.05) is 6.07 Å². The lowest BCUT2D eigenvalue weighted by Crippen LogP contribution is -2.47. The number of amides is 1. The Kier molecular flexibility index (Phi) is 4.87. The molecule has 126 valence electrons. The highest BCUT2D eigenvalue weighted by atomic mass is 16.7. The molecule has 0 saturated carbocycles. The Bertz CT molecular complexity index is 688. The zero-order chi connectivity index (χ0) is 16.9. The van der Waals surface area contributed by atoms with Gasteiger partial charge in [0, 0.05) is 38.9 Å². The Morgan fingerprint density at radius 2 is 2.04 bits per heavy atom. The van der Waals surface area contributed by atoms with E-state index >= 15 is 0 Å². The Labute approximate surface area is 141 Å². The van der Waals surface area contributed by atoms with E-state index in [0.717, 1.165) is 24.4 Å². The summed E-state index contributed by atoms with van der Waals surface area (Å²) in [5.41, 5.74) is 1.11. The summed E-state index contributed by atoms with van der Waals surface area (Å²) in [6.45, 7) is 3.69. The highest BCUT2D eigenvalue weighted by molar-refractivity contribution is 5.97. The number of nitrogens with one attached hydrogen (secondary N) is 1. The lowest BCUT2D eigenvalue weighted by Gasteiger charge is -2.32. The monoisotopic (exact) mass is 328 g/mol. The molecule has 24 heavy (non-hydrogen) atoms. The van der Waals surface area contributed by atoms with Crippen LogP contribution in [0.3, 0.4) is 0 Å². The summed E-state index contributed by atoms with van der Waals surface area (Å²) in [5.74, 6) is 1.23. The first-order chi connectivity index (χ1) is 11.7. The molecule has 2 aliphatic rings. The van der Waals surface area contributed by atoms with Crippen LogP contribution in [0, 0.1) is 11.3 Å². The summed E-state index contributed by atoms with van der Waals surface area (Å²) in [7, 11) is 2.02. The molecule has 0 radical (unpaired) electrons. The van der Waals surface area contributed by atoms with Crippen molar-refractivity contribution < 1.29 is 14.3 Å². The molecule has 0 spiro atoms. The molecule has 7 heteroatoms. The van der Waals surface area contributed by atoms with Crippen LogP contribution in [0.4, 0.5) is 0 Å². The van der Waals surface area contributed by atoms with Gasteiger partial charge < -0.3 is 24.6 Å². The van der Waals surface area contributed by atoms with Gasteiger partial charge in [0.2, 0.25) is 6.79 Å². The number of rotatable bonds is 4. The van der Waals surface area contributed by atoms with Crippen molar-refractivity contribution in [1.29, 1.82) is 5.26 Å². The predicted octanol–water partition coefficient (Wildman–Crippen LogP) is 0.686. The van der Waals surface area contributed by atoms with E-state index in [9.17, 15) is 10.1 Å². The maximum atomic E-state index is 12.4. The molecule has 0 atom stereocenters. The fourth-order valence-electron chi connectivity index (χ4n) is 2.64. The van der Waals surface area contributed by atoms with Gasteiger partial charge in [0.25, 0.3) is 5.91 Å². The van der Waals surface area contributed by atoms with Crippen LogP contribution in [-0.4, -0.2) is 55.7 Å². The lowest BCUT2D eigenvalue weighted by molar-refractivity contribution is -0.128. The Balaban J connectivity index is 1.58. The zero-order valence-electron chi connectivity index (χ0n) is 13.6. The molecular formula is C17H20N4O3. The second-order valence-electron chi connectivity index (χ2n) is 5.83. The molecule has 0 bridgehead atoms. The Morgan fingerprint density at radius 1 is 1.29 bits per heavy atom. The molecule has 2 aliphatic heterocycles. The van der Waals surface area contributed by atoms with E-state index in [-0.39, 0.29) is 18.3 Å². The van der Waals surface area contributed by atoms with E-state index in [0.29, 0.717) is 25.4 Å². The number of nitrogens with zero attached hydrogens (tertiary/aromatic N) is 3. The summed E-state index contributed by atoms with van der Waals surface area (Å²) in [4.78, 5) is 16.3. The van der Waals surface area contributed by atoms with E-state index in [4.69, 9.17) is 9.47 Å². The molecule has 1 amide bonds. The second kappa shape index (κ2) is 7.23. The SMILES string of the molecule is CN1CCN(C(=O)/C(C#N)=C\NCc2ccc3c(c2)OCO3)CC1.